The topological polar surface area (TPSA) is 24.5 Å². The molecule has 0 saturated heterocycles. The predicted octanol–water partition coefficient (Wildman–Crippen LogP) is 2.12. The maximum Gasteiger partial charge on any atom is 0.123 e. The van der Waals surface area contributed by atoms with Crippen LogP contribution in [0.5, 0.6) is 5.75 Å². The molecule has 0 spiro atoms. The third-order valence-corrected chi connectivity index (χ3v) is 2.68. The fraction of sp³-hybridized carbons (Fsp3) is 0.571. The van der Waals surface area contributed by atoms with Gasteiger partial charge in [0.2, 0.25) is 0 Å². The molecule has 0 aliphatic carbocycles. The number of nitrogens with zero attached hydrogens (tertiary/aromatic N) is 1. The van der Waals surface area contributed by atoms with E-state index < -0.39 is 0 Å². The molecule has 0 atom stereocenters. The van der Waals surface area contributed by atoms with Crippen molar-refractivity contribution in [3.63, 3.8) is 0 Å². The van der Waals surface area contributed by atoms with E-state index in [0.29, 0.717) is 6.04 Å². The van der Waals surface area contributed by atoms with Crippen molar-refractivity contribution in [3.05, 3.63) is 29.8 Å². The number of methoxy groups -OCH3 is 1. The second-order valence-electron chi connectivity index (χ2n) is 4.66. The van der Waals surface area contributed by atoms with Crippen molar-refractivity contribution in [1.82, 2.24) is 10.2 Å². The van der Waals surface area contributed by atoms with Crippen LogP contribution >= 0.6 is 0 Å². The molecule has 0 bridgehead atoms. The van der Waals surface area contributed by atoms with Crippen LogP contribution in [0.15, 0.2) is 24.3 Å². The summed E-state index contributed by atoms with van der Waals surface area (Å²) in [5, 5.41) is 3.42. The zero-order chi connectivity index (χ0) is 12.7. The van der Waals surface area contributed by atoms with E-state index in [1.54, 1.807) is 7.11 Å². The van der Waals surface area contributed by atoms with Gasteiger partial charge >= 0.3 is 0 Å². The van der Waals surface area contributed by atoms with E-state index in [1.807, 2.05) is 12.1 Å². The number of hydrogen-bond donors (Lipinski definition) is 1. The number of nitrogens with one attached hydrogen (secondary N) is 1. The number of benzene rings is 1. The Morgan fingerprint density at radius 2 is 2.00 bits per heavy atom. The van der Waals surface area contributed by atoms with Crippen molar-refractivity contribution in [2.24, 2.45) is 0 Å². The summed E-state index contributed by atoms with van der Waals surface area (Å²) in [6, 6.07) is 8.73. The van der Waals surface area contributed by atoms with Gasteiger partial charge in [-0.1, -0.05) is 32.0 Å². The minimum absolute atomic E-state index is 0.551. The van der Waals surface area contributed by atoms with Crippen LogP contribution < -0.4 is 10.1 Å². The van der Waals surface area contributed by atoms with Gasteiger partial charge in [0.15, 0.2) is 0 Å². The number of para-hydroxylation sites is 1. The molecule has 0 heterocycles. The first-order valence-corrected chi connectivity index (χ1v) is 6.17. The molecule has 0 radical (unpaired) electrons. The predicted molar refractivity (Wildman–Crippen MR) is 72.5 cm³/mol. The highest BCUT2D eigenvalue weighted by Gasteiger charge is 2.05. The fourth-order valence-corrected chi connectivity index (χ4v) is 1.75. The van der Waals surface area contributed by atoms with E-state index >= 15 is 0 Å². The summed E-state index contributed by atoms with van der Waals surface area (Å²) in [6.07, 6.45) is 0. The molecule has 1 rings (SSSR count). The molecule has 96 valence electrons. The van der Waals surface area contributed by atoms with Gasteiger partial charge in [-0.25, -0.2) is 0 Å². The molecular weight excluding hydrogens is 212 g/mol. The molecule has 0 aliphatic heterocycles. The Labute approximate surface area is 105 Å². The van der Waals surface area contributed by atoms with Crippen LogP contribution in [-0.2, 0) is 6.54 Å². The Hall–Kier alpha value is -1.06. The van der Waals surface area contributed by atoms with Crippen molar-refractivity contribution in [3.8, 4) is 5.75 Å². The van der Waals surface area contributed by atoms with E-state index in [9.17, 15) is 0 Å². The lowest BCUT2D eigenvalue weighted by Crippen LogP contribution is -2.32. The maximum absolute atomic E-state index is 5.35. The highest BCUT2D eigenvalue weighted by atomic mass is 16.5. The van der Waals surface area contributed by atoms with Gasteiger partial charge in [-0.3, -0.25) is 0 Å². The van der Waals surface area contributed by atoms with Crippen molar-refractivity contribution in [2.75, 3.05) is 27.2 Å². The van der Waals surface area contributed by atoms with Crippen molar-refractivity contribution in [1.29, 1.82) is 0 Å². The summed E-state index contributed by atoms with van der Waals surface area (Å²) in [5.41, 5.74) is 1.24. The molecule has 1 aromatic rings. The van der Waals surface area contributed by atoms with Crippen LogP contribution in [0.3, 0.4) is 0 Å². The summed E-state index contributed by atoms with van der Waals surface area (Å²) in [5.74, 6) is 0.969. The molecule has 0 fully saturated rings. The van der Waals surface area contributed by atoms with Crippen molar-refractivity contribution < 1.29 is 4.74 Å². The Morgan fingerprint density at radius 3 is 2.65 bits per heavy atom. The van der Waals surface area contributed by atoms with Crippen LogP contribution in [0, 0.1) is 0 Å². The minimum Gasteiger partial charge on any atom is -0.496 e. The summed E-state index contributed by atoms with van der Waals surface area (Å²) >= 11 is 0. The zero-order valence-electron chi connectivity index (χ0n) is 11.4. The zero-order valence-corrected chi connectivity index (χ0v) is 11.4. The SMILES string of the molecule is COc1ccccc1CN(C)CCNC(C)C. The maximum atomic E-state index is 5.35. The number of ether oxygens (including phenoxy) is 1. The lowest BCUT2D eigenvalue weighted by Gasteiger charge is -2.19. The van der Waals surface area contributed by atoms with Gasteiger partial charge in [0, 0.05) is 31.2 Å². The largest absolute Gasteiger partial charge is 0.496 e. The van der Waals surface area contributed by atoms with Gasteiger partial charge in [-0.15, -0.1) is 0 Å². The summed E-state index contributed by atoms with van der Waals surface area (Å²) in [6.45, 7) is 7.31. The average Bonchev–Trinajstić information content (AvgIpc) is 2.29. The minimum atomic E-state index is 0.551. The molecule has 0 unspecified atom stereocenters. The van der Waals surface area contributed by atoms with E-state index in [1.165, 1.54) is 5.56 Å². The summed E-state index contributed by atoms with van der Waals surface area (Å²) in [4.78, 5) is 2.30. The highest BCUT2D eigenvalue weighted by molar-refractivity contribution is 5.32. The second kappa shape index (κ2) is 7.30. The normalized spacial score (nSPS) is 11.2. The highest BCUT2D eigenvalue weighted by Crippen LogP contribution is 2.18. The molecule has 1 aromatic carbocycles. The summed E-state index contributed by atoms with van der Waals surface area (Å²) in [7, 11) is 3.85. The monoisotopic (exact) mass is 236 g/mol. The van der Waals surface area contributed by atoms with Gasteiger partial charge < -0.3 is 15.0 Å². The summed E-state index contributed by atoms with van der Waals surface area (Å²) < 4.78 is 5.35. The van der Waals surface area contributed by atoms with Crippen LogP contribution in [0.25, 0.3) is 0 Å². The Morgan fingerprint density at radius 1 is 1.29 bits per heavy atom. The van der Waals surface area contributed by atoms with E-state index in [-0.39, 0.29) is 0 Å². The second-order valence-corrected chi connectivity index (χ2v) is 4.66. The lowest BCUT2D eigenvalue weighted by molar-refractivity contribution is 0.312. The lowest BCUT2D eigenvalue weighted by atomic mass is 10.2. The first-order chi connectivity index (χ1) is 8.13. The molecule has 0 amide bonds. The van der Waals surface area contributed by atoms with Gasteiger partial charge in [0.05, 0.1) is 7.11 Å². The standard InChI is InChI=1S/C14H24N2O/c1-12(2)15-9-10-16(3)11-13-7-5-6-8-14(13)17-4/h5-8,12,15H,9-11H2,1-4H3. The third kappa shape index (κ3) is 5.20. The first kappa shape index (κ1) is 14.0. The van der Waals surface area contributed by atoms with E-state index in [2.05, 4.69) is 43.2 Å². The molecule has 3 heteroatoms. The van der Waals surface area contributed by atoms with Crippen molar-refractivity contribution >= 4 is 0 Å². The van der Waals surface area contributed by atoms with E-state index in [4.69, 9.17) is 4.74 Å². The molecule has 1 N–H and O–H groups in total. The molecule has 0 aromatic heterocycles. The number of hydrogen-bond acceptors (Lipinski definition) is 3. The molecule has 3 nitrogen and oxygen atoms in total. The van der Waals surface area contributed by atoms with Crippen LogP contribution in [0.4, 0.5) is 0 Å². The molecule has 0 aliphatic rings. The van der Waals surface area contributed by atoms with Gasteiger partial charge in [-0.2, -0.15) is 0 Å². The third-order valence-electron chi connectivity index (χ3n) is 2.68. The average molecular weight is 236 g/mol. The Bertz CT molecular complexity index is 326. The molecule has 0 saturated carbocycles. The van der Waals surface area contributed by atoms with Crippen LogP contribution in [-0.4, -0.2) is 38.2 Å². The fourth-order valence-electron chi connectivity index (χ4n) is 1.75. The van der Waals surface area contributed by atoms with Crippen LogP contribution in [0.1, 0.15) is 19.4 Å². The molecular formula is C14H24N2O. The smallest absolute Gasteiger partial charge is 0.123 e. The first-order valence-electron chi connectivity index (χ1n) is 6.17. The van der Waals surface area contributed by atoms with Gasteiger partial charge in [-0.05, 0) is 13.1 Å². The van der Waals surface area contributed by atoms with E-state index in [0.717, 1.165) is 25.4 Å². The Balaban J connectivity index is 2.41. The quantitative estimate of drug-likeness (QED) is 0.785. The van der Waals surface area contributed by atoms with Gasteiger partial charge in [0.25, 0.3) is 0 Å². The molecule has 17 heavy (non-hydrogen) atoms. The van der Waals surface area contributed by atoms with Crippen molar-refractivity contribution in [2.45, 2.75) is 26.4 Å². The van der Waals surface area contributed by atoms with Crippen LogP contribution in [0.2, 0.25) is 0 Å². The number of rotatable bonds is 7. The Kier molecular flexibility index (Phi) is 6.01. The number of likely N-dealkylation sites (N-methyl/N-ethyl adjacent to an activating group) is 1. The van der Waals surface area contributed by atoms with Gasteiger partial charge in [0.1, 0.15) is 5.75 Å².